The second kappa shape index (κ2) is 11.4. The van der Waals surface area contributed by atoms with Crippen LogP contribution in [-0.4, -0.2) is 94.9 Å². The quantitative estimate of drug-likeness (QED) is 0.256. The van der Waals surface area contributed by atoms with Crippen LogP contribution in [-0.2, 0) is 50.5 Å². The van der Waals surface area contributed by atoms with Crippen LogP contribution in [0.5, 0.6) is 0 Å². The minimum absolute atomic E-state index is 0.101. The predicted molar refractivity (Wildman–Crippen MR) is 141 cm³/mol. The van der Waals surface area contributed by atoms with Crippen LogP contribution in [0.4, 0.5) is 14.6 Å². The number of hydrogen-bond acceptors (Lipinski definition) is 14. The summed E-state index contributed by atoms with van der Waals surface area (Å²) < 4.78 is 78.3. The predicted octanol–water partition coefficient (Wildman–Crippen LogP) is -0.566. The Bertz CT molecular complexity index is 1740. The summed E-state index contributed by atoms with van der Waals surface area (Å²) in [5.41, 5.74) is 4.55. The molecule has 5 unspecified atom stereocenters. The summed E-state index contributed by atoms with van der Waals surface area (Å²) in [4.78, 5) is 58.8. The van der Waals surface area contributed by atoms with Crippen LogP contribution in [0.2, 0.25) is 0 Å². The molecule has 0 aromatic carbocycles. The number of rotatable bonds is 3. The monoisotopic (exact) mass is 669 g/mol. The first-order valence-electron chi connectivity index (χ1n) is 12.5. The molecule has 18 nitrogen and oxygen atoms in total. The second-order valence-electron chi connectivity index (χ2n) is 9.68. The van der Waals surface area contributed by atoms with E-state index in [9.17, 15) is 23.9 Å². The number of aromatic amines is 1. The molecule has 23 heteroatoms. The van der Waals surface area contributed by atoms with Gasteiger partial charge in [0, 0.05) is 12.3 Å². The summed E-state index contributed by atoms with van der Waals surface area (Å²) in [6.45, 7) is -6.07. The first kappa shape index (κ1) is 30.5. The summed E-state index contributed by atoms with van der Waals surface area (Å²) in [7, 11) is -5.10. The molecule has 3 aliphatic heterocycles. The Kier molecular flexibility index (Phi) is 8.10. The summed E-state index contributed by atoms with van der Waals surface area (Å²) >= 11 is 5.05. The van der Waals surface area contributed by atoms with Gasteiger partial charge >= 0.3 is 20.2 Å². The first-order chi connectivity index (χ1) is 20.3. The Labute approximate surface area is 243 Å². The lowest BCUT2D eigenvalue weighted by Gasteiger charge is -2.28. The van der Waals surface area contributed by atoms with E-state index in [1.165, 1.54) is 17.2 Å². The second-order valence-corrected chi connectivity index (χ2v) is 13.9. The summed E-state index contributed by atoms with van der Waals surface area (Å²) in [6.07, 6.45) is -10.3. The molecule has 6 heterocycles. The normalized spacial score (nSPS) is 38.7. The van der Waals surface area contributed by atoms with Gasteiger partial charge in [0.2, 0.25) is 0 Å². The fourth-order valence-electron chi connectivity index (χ4n) is 4.93. The van der Waals surface area contributed by atoms with Crippen molar-refractivity contribution in [2.45, 2.75) is 55.6 Å². The number of hydrogen-bond donors (Lipinski definition) is 4. The third kappa shape index (κ3) is 6.07. The Morgan fingerprint density at radius 2 is 1.79 bits per heavy atom. The Morgan fingerprint density at radius 3 is 2.56 bits per heavy atom. The highest BCUT2D eigenvalue weighted by molar-refractivity contribution is 8.07. The largest absolute Gasteiger partial charge is 0.472 e. The third-order valence-corrected chi connectivity index (χ3v) is 9.44. The maximum atomic E-state index is 15.7. The van der Waals surface area contributed by atoms with Gasteiger partial charge in [-0.3, -0.25) is 27.9 Å². The van der Waals surface area contributed by atoms with E-state index in [-0.39, 0.29) is 23.5 Å². The van der Waals surface area contributed by atoms with Crippen molar-refractivity contribution >= 4 is 43.3 Å². The third-order valence-electron chi connectivity index (χ3n) is 6.90. The van der Waals surface area contributed by atoms with Crippen molar-refractivity contribution in [3.63, 3.8) is 0 Å². The molecule has 234 valence electrons. The molecule has 0 aliphatic carbocycles. The molecule has 3 fully saturated rings. The number of alkyl halides is 2. The number of aromatic nitrogens is 6. The van der Waals surface area contributed by atoms with E-state index < -0.39 is 88.1 Å². The van der Waals surface area contributed by atoms with Gasteiger partial charge in [-0.2, -0.15) is 0 Å². The average molecular weight is 669 g/mol. The average Bonchev–Trinajstić information content (AvgIpc) is 3.57. The molecule has 0 spiro atoms. The van der Waals surface area contributed by atoms with Crippen LogP contribution >= 0.6 is 14.5 Å². The van der Waals surface area contributed by atoms with Gasteiger partial charge in [-0.1, -0.05) is 0 Å². The number of nitrogens with one attached hydrogen (secondary N) is 1. The van der Waals surface area contributed by atoms with Crippen LogP contribution in [0.3, 0.4) is 0 Å². The van der Waals surface area contributed by atoms with Crippen LogP contribution in [0.15, 0.2) is 34.5 Å². The van der Waals surface area contributed by atoms with Gasteiger partial charge in [0.1, 0.15) is 42.4 Å². The fraction of sp³-hybridized carbons (Fsp3) is 0.550. The van der Waals surface area contributed by atoms with Crippen LogP contribution in [0, 0.1) is 0 Å². The number of phosphoric ester groups is 1. The van der Waals surface area contributed by atoms with Crippen molar-refractivity contribution in [3.8, 4) is 0 Å². The summed E-state index contributed by atoms with van der Waals surface area (Å²) in [5.74, 6) is 0.101. The number of phosphoric acid groups is 1. The van der Waals surface area contributed by atoms with Crippen LogP contribution in [0.1, 0.15) is 6.23 Å². The molecule has 0 amide bonds. The lowest BCUT2D eigenvalue weighted by molar-refractivity contribution is -0.0589. The number of nitrogens with zero attached hydrogens (tertiary/aromatic N) is 5. The van der Waals surface area contributed by atoms with Crippen molar-refractivity contribution in [1.29, 1.82) is 0 Å². The Hall–Kier alpha value is -2.55. The first-order valence-corrected chi connectivity index (χ1v) is 16.5. The topological polar surface area (TPSA) is 237 Å². The highest BCUT2D eigenvalue weighted by Crippen LogP contribution is 2.53. The van der Waals surface area contributed by atoms with Gasteiger partial charge < -0.3 is 34.1 Å². The van der Waals surface area contributed by atoms with Crippen molar-refractivity contribution in [2.24, 2.45) is 0 Å². The maximum absolute atomic E-state index is 15.7. The van der Waals surface area contributed by atoms with Gasteiger partial charge in [-0.25, -0.2) is 33.1 Å². The molecule has 0 saturated carbocycles. The molecule has 5 N–H and O–H groups in total. The van der Waals surface area contributed by atoms with Crippen molar-refractivity contribution in [3.05, 3.63) is 45.8 Å². The number of imidazole rings is 1. The van der Waals surface area contributed by atoms with Crippen molar-refractivity contribution in [2.75, 3.05) is 18.9 Å². The van der Waals surface area contributed by atoms with E-state index in [2.05, 4.69) is 15.0 Å². The number of halogens is 2. The fourth-order valence-corrected chi connectivity index (χ4v) is 7.33. The molecule has 3 saturated heterocycles. The maximum Gasteiger partial charge on any atom is 0.472 e. The van der Waals surface area contributed by atoms with Gasteiger partial charge in [-0.15, -0.1) is 0 Å². The Morgan fingerprint density at radius 1 is 1.07 bits per heavy atom. The van der Waals surface area contributed by atoms with E-state index in [4.69, 9.17) is 45.1 Å². The lowest BCUT2D eigenvalue weighted by atomic mass is 10.1. The van der Waals surface area contributed by atoms with Gasteiger partial charge in [0.25, 0.3) is 5.56 Å². The number of H-pyrrole nitrogens is 1. The molecule has 0 radical (unpaired) electrons. The zero-order chi connectivity index (χ0) is 30.7. The minimum atomic E-state index is -5.10. The molecule has 3 aromatic rings. The molecular weight excluding hydrogens is 646 g/mol. The number of anilines is 1. The minimum Gasteiger partial charge on any atom is -0.382 e. The highest BCUT2D eigenvalue weighted by atomic mass is 32.5. The van der Waals surface area contributed by atoms with Crippen molar-refractivity contribution in [1.82, 2.24) is 29.1 Å². The van der Waals surface area contributed by atoms with Crippen molar-refractivity contribution < 1.29 is 50.7 Å². The molecule has 43 heavy (non-hydrogen) atoms. The number of nitrogen functional groups attached to an aromatic ring is 1. The smallest absolute Gasteiger partial charge is 0.382 e. The number of ether oxygens (including phenoxy) is 2. The Balaban J connectivity index is 1.24. The summed E-state index contributed by atoms with van der Waals surface area (Å²) in [5, 5.41) is 0. The van der Waals surface area contributed by atoms with Gasteiger partial charge in [-0.05, 0) is 11.8 Å². The van der Waals surface area contributed by atoms with E-state index in [1.807, 2.05) is 4.98 Å². The molecule has 0 bridgehead atoms. The molecule has 3 aliphatic rings. The number of fused-ring (bicyclic) bond motifs is 3. The molecule has 3 aromatic heterocycles. The van der Waals surface area contributed by atoms with Crippen LogP contribution < -0.4 is 17.0 Å². The van der Waals surface area contributed by atoms with Gasteiger partial charge in [0.05, 0.1) is 26.1 Å². The van der Waals surface area contributed by atoms with Gasteiger partial charge in [0.15, 0.2) is 30.0 Å². The molecular formula is C20H23F2N7O11P2S. The SMILES string of the molecule is Nc1ncnc2c1ncn2C[C@@H]1O[C@@H]2COP(=O)(O)OC3[C@@H](COP(O)(=S)OC2C1F)O[C@@H](n1ccc(=O)[nH]c1=O)[C@H]3F. The molecule has 6 rings (SSSR count). The van der Waals surface area contributed by atoms with Crippen LogP contribution in [0.25, 0.3) is 11.2 Å². The van der Waals surface area contributed by atoms with E-state index in [0.29, 0.717) is 4.57 Å². The zero-order valence-electron chi connectivity index (χ0n) is 21.5. The summed E-state index contributed by atoms with van der Waals surface area (Å²) in [6, 6.07) is 0.930. The van der Waals surface area contributed by atoms with E-state index >= 15 is 8.78 Å². The zero-order valence-corrected chi connectivity index (χ0v) is 24.1. The number of nitrogens with two attached hydrogens (primary N) is 1. The lowest BCUT2D eigenvalue weighted by Crippen LogP contribution is -2.38. The van der Waals surface area contributed by atoms with E-state index in [1.54, 1.807) is 0 Å². The standard InChI is InChI=1S/C20H23F2N7O11P2S/c21-12-8(3-28-7-26-14-17(23)24-6-25-18(14)28)37-9-4-35-41(32,33)39-16-10(5-36-42(34,43)40-15(9)12)38-19(13(16)22)29-2-1-11(30)27-20(29)31/h1-2,6-10,12-13,15-16,19H,3-5H2,(H,32,33)(H,34,43)(H2,23,24,25)(H,27,30,31)/t8-,9+,10+,12?,13-,15?,16?,19+,42?/m0/s1. The van der Waals surface area contributed by atoms with E-state index in [0.717, 1.165) is 12.3 Å². The molecule has 10 atom stereocenters. The highest BCUT2D eigenvalue weighted by Gasteiger charge is 2.53.